The van der Waals surface area contributed by atoms with Crippen molar-refractivity contribution in [1.29, 1.82) is 0 Å². The van der Waals surface area contributed by atoms with Crippen LogP contribution >= 0.6 is 11.6 Å². The molecule has 0 unspecified atom stereocenters. The van der Waals surface area contributed by atoms with Crippen molar-refractivity contribution < 1.29 is 9.53 Å². The van der Waals surface area contributed by atoms with Crippen molar-refractivity contribution in [3.8, 4) is 5.75 Å². The van der Waals surface area contributed by atoms with Gasteiger partial charge in [0.15, 0.2) is 0 Å². The minimum atomic E-state index is 0.136. The SMILES string of the molecule is COc1cc(Cl)c(C)cc1NCC(=O)N1CCC(C)CC1. The molecule has 4 nitrogen and oxygen atoms in total. The fourth-order valence-electron chi connectivity index (χ4n) is 2.51. The lowest BCUT2D eigenvalue weighted by molar-refractivity contribution is -0.130. The number of rotatable bonds is 4. The Labute approximate surface area is 131 Å². The summed E-state index contributed by atoms with van der Waals surface area (Å²) in [5.74, 6) is 1.52. The Bertz CT molecular complexity index is 511. The summed E-state index contributed by atoms with van der Waals surface area (Å²) >= 11 is 6.08. The Morgan fingerprint density at radius 2 is 2.10 bits per heavy atom. The minimum Gasteiger partial charge on any atom is -0.495 e. The third kappa shape index (κ3) is 4.03. The third-order valence-electron chi connectivity index (χ3n) is 4.05. The Kier molecular flexibility index (Phi) is 5.34. The molecule has 1 N–H and O–H groups in total. The lowest BCUT2D eigenvalue weighted by Crippen LogP contribution is -2.40. The number of benzene rings is 1. The van der Waals surface area contributed by atoms with Crippen LogP contribution in [0.3, 0.4) is 0 Å². The third-order valence-corrected chi connectivity index (χ3v) is 4.45. The fourth-order valence-corrected chi connectivity index (χ4v) is 2.66. The number of ether oxygens (including phenoxy) is 1. The van der Waals surface area contributed by atoms with Gasteiger partial charge in [0.1, 0.15) is 5.75 Å². The maximum absolute atomic E-state index is 12.2. The van der Waals surface area contributed by atoms with E-state index in [1.165, 1.54) is 0 Å². The van der Waals surface area contributed by atoms with E-state index in [4.69, 9.17) is 16.3 Å². The number of nitrogens with one attached hydrogen (secondary N) is 1. The molecule has 1 aliphatic rings. The molecule has 1 aliphatic heterocycles. The lowest BCUT2D eigenvalue weighted by atomic mass is 9.99. The Balaban J connectivity index is 1.96. The van der Waals surface area contributed by atoms with Gasteiger partial charge in [-0.15, -0.1) is 0 Å². The Hall–Kier alpha value is -1.42. The number of halogens is 1. The first-order chi connectivity index (χ1) is 10.0. The molecule has 0 aliphatic carbocycles. The molecule has 0 atom stereocenters. The molecule has 0 bridgehead atoms. The van der Waals surface area contributed by atoms with Crippen molar-refractivity contribution in [1.82, 2.24) is 4.90 Å². The lowest BCUT2D eigenvalue weighted by Gasteiger charge is -2.30. The number of piperidine rings is 1. The van der Waals surface area contributed by atoms with Gasteiger partial charge in [-0.05, 0) is 37.3 Å². The zero-order valence-corrected chi connectivity index (χ0v) is 13.7. The van der Waals surface area contributed by atoms with Gasteiger partial charge >= 0.3 is 0 Å². The highest BCUT2D eigenvalue weighted by atomic mass is 35.5. The van der Waals surface area contributed by atoms with E-state index in [1.54, 1.807) is 13.2 Å². The van der Waals surface area contributed by atoms with Crippen LogP contribution in [0.25, 0.3) is 0 Å². The molecule has 1 aromatic carbocycles. The van der Waals surface area contributed by atoms with Gasteiger partial charge in [0.25, 0.3) is 0 Å². The van der Waals surface area contributed by atoms with Crippen molar-refractivity contribution in [2.45, 2.75) is 26.7 Å². The van der Waals surface area contributed by atoms with Crippen LogP contribution in [0.15, 0.2) is 12.1 Å². The molecule has 0 saturated carbocycles. The molecule has 116 valence electrons. The molecular formula is C16H23ClN2O2. The summed E-state index contributed by atoms with van der Waals surface area (Å²) in [7, 11) is 1.60. The van der Waals surface area contributed by atoms with Crippen molar-refractivity contribution >= 4 is 23.2 Å². The normalized spacial score (nSPS) is 15.9. The number of amides is 1. The van der Waals surface area contributed by atoms with E-state index in [9.17, 15) is 4.79 Å². The highest BCUT2D eigenvalue weighted by molar-refractivity contribution is 6.31. The number of anilines is 1. The molecule has 1 aromatic rings. The number of nitrogens with zero attached hydrogens (tertiary/aromatic N) is 1. The molecule has 1 heterocycles. The number of hydrogen-bond donors (Lipinski definition) is 1. The number of likely N-dealkylation sites (tertiary alicyclic amines) is 1. The second-order valence-corrected chi connectivity index (χ2v) is 6.13. The first kappa shape index (κ1) is 16.0. The largest absolute Gasteiger partial charge is 0.495 e. The predicted molar refractivity (Wildman–Crippen MR) is 86.2 cm³/mol. The zero-order valence-electron chi connectivity index (χ0n) is 12.9. The number of aryl methyl sites for hydroxylation is 1. The smallest absolute Gasteiger partial charge is 0.241 e. The van der Waals surface area contributed by atoms with E-state index >= 15 is 0 Å². The van der Waals surface area contributed by atoms with Crippen molar-refractivity contribution in [3.05, 3.63) is 22.7 Å². The van der Waals surface area contributed by atoms with E-state index in [0.717, 1.165) is 43.1 Å². The number of carbonyl (C=O) groups is 1. The number of methoxy groups -OCH3 is 1. The maximum Gasteiger partial charge on any atom is 0.241 e. The van der Waals surface area contributed by atoms with Gasteiger partial charge in [0.2, 0.25) is 5.91 Å². The van der Waals surface area contributed by atoms with Crippen LogP contribution in [0.2, 0.25) is 5.02 Å². The molecular weight excluding hydrogens is 288 g/mol. The van der Waals surface area contributed by atoms with Crippen LogP contribution < -0.4 is 10.1 Å². The van der Waals surface area contributed by atoms with Gasteiger partial charge in [-0.3, -0.25) is 4.79 Å². The Morgan fingerprint density at radius 1 is 1.43 bits per heavy atom. The first-order valence-electron chi connectivity index (χ1n) is 7.37. The van der Waals surface area contributed by atoms with Gasteiger partial charge in [0.05, 0.1) is 19.3 Å². The minimum absolute atomic E-state index is 0.136. The average molecular weight is 311 g/mol. The van der Waals surface area contributed by atoms with E-state index < -0.39 is 0 Å². The standard InChI is InChI=1S/C16H23ClN2O2/c1-11-4-6-19(7-5-11)16(20)10-18-14-8-12(2)13(17)9-15(14)21-3/h8-9,11,18H,4-7,10H2,1-3H3. The summed E-state index contributed by atoms with van der Waals surface area (Å²) in [5, 5.41) is 3.83. The van der Waals surface area contributed by atoms with Crippen LogP contribution in [-0.4, -0.2) is 37.6 Å². The van der Waals surface area contributed by atoms with Crippen molar-refractivity contribution in [2.24, 2.45) is 5.92 Å². The molecule has 0 aromatic heterocycles. The van der Waals surface area contributed by atoms with Gasteiger partial charge < -0.3 is 15.0 Å². The van der Waals surface area contributed by atoms with Crippen LogP contribution in [0.1, 0.15) is 25.3 Å². The zero-order chi connectivity index (χ0) is 15.4. The van der Waals surface area contributed by atoms with Gasteiger partial charge in [-0.25, -0.2) is 0 Å². The molecule has 2 rings (SSSR count). The van der Waals surface area contributed by atoms with E-state index in [-0.39, 0.29) is 12.5 Å². The maximum atomic E-state index is 12.2. The summed E-state index contributed by atoms with van der Waals surface area (Å²) in [6.45, 7) is 6.17. The molecule has 5 heteroatoms. The second kappa shape index (κ2) is 7.03. The van der Waals surface area contributed by atoms with E-state index in [1.807, 2.05) is 17.9 Å². The van der Waals surface area contributed by atoms with Gasteiger partial charge in [-0.2, -0.15) is 0 Å². The summed E-state index contributed by atoms with van der Waals surface area (Å²) in [5.41, 5.74) is 1.76. The first-order valence-corrected chi connectivity index (χ1v) is 7.75. The Morgan fingerprint density at radius 3 is 2.71 bits per heavy atom. The van der Waals surface area contributed by atoms with Crippen LogP contribution in [-0.2, 0) is 4.79 Å². The van der Waals surface area contributed by atoms with Gasteiger partial charge in [-0.1, -0.05) is 18.5 Å². The summed E-state index contributed by atoms with van der Waals surface area (Å²) in [4.78, 5) is 14.2. The predicted octanol–water partition coefficient (Wildman–Crippen LogP) is 3.33. The quantitative estimate of drug-likeness (QED) is 0.927. The van der Waals surface area contributed by atoms with E-state index in [0.29, 0.717) is 10.8 Å². The molecule has 0 radical (unpaired) electrons. The summed E-state index contributed by atoms with van der Waals surface area (Å²) < 4.78 is 5.30. The number of carbonyl (C=O) groups excluding carboxylic acids is 1. The summed E-state index contributed by atoms with van der Waals surface area (Å²) in [6, 6.07) is 3.68. The average Bonchev–Trinajstić information content (AvgIpc) is 2.48. The highest BCUT2D eigenvalue weighted by Crippen LogP contribution is 2.30. The highest BCUT2D eigenvalue weighted by Gasteiger charge is 2.20. The summed E-state index contributed by atoms with van der Waals surface area (Å²) in [6.07, 6.45) is 2.18. The molecule has 1 saturated heterocycles. The van der Waals surface area contributed by atoms with Gasteiger partial charge in [0, 0.05) is 24.2 Å². The molecule has 1 amide bonds. The molecule has 0 spiro atoms. The van der Waals surface area contributed by atoms with Crippen LogP contribution in [0, 0.1) is 12.8 Å². The van der Waals surface area contributed by atoms with Crippen molar-refractivity contribution in [3.63, 3.8) is 0 Å². The van der Waals surface area contributed by atoms with Crippen molar-refractivity contribution in [2.75, 3.05) is 32.1 Å². The van der Waals surface area contributed by atoms with Crippen LogP contribution in [0.5, 0.6) is 5.75 Å². The van der Waals surface area contributed by atoms with E-state index in [2.05, 4.69) is 12.2 Å². The van der Waals surface area contributed by atoms with Crippen LogP contribution in [0.4, 0.5) is 5.69 Å². The fraction of sp³-hybridized carbons (Fsp3) is 0.562. The topological polar surface area (TPSA) is 41.6 Å². The second-order valence-electron chi connectivity index (χ2n) is 5.72. The number of hydrogen-bond acceptors (Lipinski definition) is 3. The monoisotopic (exact) mass is 310 g/mol. The molecule has 1 fully saturated rings. The molecule has 21 heavy (non-hydrogen) atoms.